The zero-order valence-electron chi connectivity index (χ0n) is 10.4. The van der Waals surface area contributed by atoms with Gasteiger partial charge in [-0.1, -0.05) is 25.0 Å². The van der Waals surface area contributed by atoms with Gasteiger partial charge in [0.1, 0.15) is 0 Å². The van der Waals surface area contributed by atoms with Crippen LogP contribution in [0.5, 0.6) is 0 Å². The smallest absolute Gasteiger partial charge is 0.211 e. The van der Waals surface area contributed by atoms with Crippen LogP contribution in [0.3, 0.4) is 0 Å². The van der Waals surface area contributed by atoms with Crippen molar-refractivity contribution in [3.05, 3.63) is 29.8 Å². The van der Waals surface area contributed by atoms with Crippen LogP contribution >= 0.6 is 11.8 Å². The predicted molar refractivity (Wildman–Crippen MR) is 73.6 cm³/mol. The third kappa shape index (κ3) is 2.38. The number of thioether (sulfide) groups is 1. The van der Waals surface area contributed by atoms with E-state index in [9.17, 15) is 4.79 Å². The topological polar surface area (TPSA) is 29.4 Å². The molecule has 0 bridgehead atoms. The molecule has 2 saturated carbocycles. The highest BCUT2D eigenvalue weighted by Crippen LogP contribution is 2.43. The molecule has 0 atom stereocenters. The summed E-state index contributed by atoms with van der Waals surface area (Å²) in [6.45, 7) is 0. The monoisotopic (exact) mass is 259 g/mol. The summed E-state index contributed by atoms with van der Waals surface area (Å²) in [5, 5.41) is 0.837. The predicted octanol–water partition coefficient (Wildman–Crippen LogP) is 4.05. The lowest BCUT2D eigenvalue weighted by atomic mass is 9.89. The lowest BCUT2D eigenvalue weighted by molar-refractivity contribution is 0.455. The number of rotatable bonds is 4. The molecule has 18 heavy (non-hydrogen) atoms. The van der Waals surface area contributed by atoms with Gasteiger partial charge in [0.05, 0.1) is 5.54 Å². The van der Waals surface area contributed by atoms with E-state index >= 15 is 0 Å². The van der Waals surface area contributed by atoms with E-state index in [1.165, 1.54) is 23.3 Å². The molecule has 0 amide bonds. The van der Waals surface area contributed by atoms with Crippen LogP contribution in [-0.2, 0) is 10.3 Å². The molecular formula is C15H17NOS. The molecule has 2 fully saturated rings. The number of carbonyl (C=O) groups excluding carboxylic acids is 1. The van der Waals surface area contributed by atoms with Crippen molar-refractivity contribution in [2.45, 2.75) is 54.2 Å². The van der Waals surface area contributed by atoms with Crippen molar-refractivity contribution in [2.24, 2.45) is 4.99 Å². The second kappa shape index (κ2) is 4.91. The summed E-state index contributed by atoms with van der Waals surface area (Å²) in [7, 11) is 0. The number of isocyanates is 1. The van der Waals surface area contributed by atoms with Crippen molar-refractivity contribution in [1.29, 1.82) is 0 Å². The Labute approximate surface area is 112 Å². The minimum absolute atomic E-state index is 0.273. The standard InChI is InChI=1S/C15H17NOS/c17-11-16-15(9-1-2-10-15)12-3-5-13(6-4-12)18-14-7-8-14/h3-6,14H,1-2,7-10H2. The average Bonchev–Trinajstić information content (AvgIpc) is 3.07. The minimum Gasteiger partial charge on any atom is -0.211 e. The largest absolute Gasteiger partial charge is 0.235 e. The SMILES string of the molecule is O=C=NC1(c2ccc(SC3CC3)cc2)CCCC1. The van der Waals surface area contributed by atoms with Gasteiger partial charge >= 0.3 is 0 Å². The summed E-state index contributed by atoms with van der Waals surface area (Å²) < 4.78 is 0. The van der Waals surface area contributed by atoms with Crippen molar-refractivity contribution in [1.82, 2.24) is 0 Å². The molecule has 0 saturated heterocycles. The molecule has 2 aliphatic carbocycles. The Morgan fingerprint density at radius 3 is 2.39 bits per heavy atom. The van der Waals surface area contributed by atoms with Gasteiger partial charge in [-0.3, -0.25) is 0 Å². The second-order valence-corrected chi connectivity index (χ2v) is 6.66. The van der Waals surface area contributed by atoms with E-state index in [2.05, 4.69) is 29.3 Å². The van der Waals surface area contributed by atoms with Crippen LogP contribution in [0.15, 0.2) is 34.2 Å². The van der Waals surface area contributed by atoms with Crippen molar-refractivity contribution < 1.29 is 4.79 Å². The molecule has 2 nitrogen and oxygen atoms in total. The zero-order chi connectivity index (χ0) is 12.4. The molecule has 0 heterocycles. The maximum absolute atomic E-state index is 10.7. The molecule has 0 aliphatic heterocycles. The lowest BCUT2D eigenvalue weighted by Crippen LogP contribution is -2.18. The summed E-state index contributed by atoms with van der Waals surface area (Å²) in [5.74, 6) is 0. The van der Waals surface area contributed by atoms with Crippen LogP contribution in [0, 0.1) is 0 Å². The molecule has 94 valence electrons. The van der Waals surface area contributed by atoms with Crippen LogP contribution in [0.4, 0.5) is 0 Å². The Morgan fingerprint density at radius 2 is 1.83 bits per heavy atom. The highest BCUT2D eigenvalue weighted by Gasteiger charge is 2.35. The second-order valence-electron chi connectivity index (χ2n) is 5.28. The van der Waals surface area contributed by atoms with E-state index < -0.39 is 0 Å². The summed E-state index contributed by atoms with van der Waals surface area (Å²) in [6.07, 6.45) is 8.76. The number of benzene rings is 1. The van der Waals surface area contributed by atoms with Crippen molar-refractivity contribution in [3.8, 4) is 0 Å². The molecule has 2 aliphatic rings. The van der Waals surface area contributed by atoms with Crippen LogP contribution in [0.1, 0.15) is 44.1 Å². The maximum atomic E-state index is 10.7. The van der Waals surface area contributed by atoms with Gasteiger partial charge in [-0.25, -0.2) is 4.79 Å². The zero-order valence-corrected chi connectivity index (χ0v) is 11.2. The molecule has 3 heteroatoms. The number of hydrogen-bond donors (Lipinski definition) is 0. The maximum Gasteiger partial charge on any atom is 0.235 e. The van der Waals surface area contributed by atoms with E-state index in [4.69, 9.17) is 0 Å². The highest BCUT2D eigenvalue weighted by atomic mass is 32.2. The molecular weight excluding hydrogens is 242 g/mol. The van der Waals surface area contributed by atoms with Crippen LogP contribution in [0.2, 0.25) is 0 Å². The van der Waals surface area contributed by atoms with Gasteiger partial charge in [0, 0.05) is 10.1 Å². The molecule has 1 aromatic rings. The van der Waals surface area contributed by atoms with E-state index in [1.807, 2.05) is 11.8 Å². The van der Waals surface area contributed by atoms with E-state index in [0.717, 1.165) is 30.9 Å². The average molecular weight is 259 g/mol. The first-order valence-electron chi connectivity index (χ1n) is 6.69. The van der Waals surface area contributed by atoms with Crippen molar-refractivity contribution in [3.63, 3.8) is 0 Å². The Kier molecular flexibility index (Phi) is 3.27. The Morgan fingerprint density at radius 1 is 1.17 bits per heavy atom. The molecule has 0 radical (unpaired) electrons. The first-order valence-corrected chi connectivity index (χ1v) is 7.57. The number of hydrogen-bond acceptors (Lipinski definition) is 3. The fourth-order valence-electron chi connectivity index (χ4n) is 2.73. The molecule has 0 aromatic heterocycles. The van der Waals surface area contributed by atoms with Crippen molar-refractivity contribution >= 4 is 17.8 Å². The third-order valence-corrected chi connectivity index (χ3v) is 5.26. The first-order chi connectivity index (χ1) is 8.82. The lowest BCUT2D eigenvalue weighted by Gasteiger charge is -2.22. The first kappa shape index (κ1) is 12.0. The molecule has 1 aromatic carbocycles. The van der Waals surface area contributed by atoms with Crippen LogP contribution in [0.25, 0.3) is 0 Å². The van der Waals surface area contributed by atoms with Crippen LogP contribution < -0.4 is 0 Å². The van der Waals surface area contributed by atoms with E-state index in [0.29, 0.717) is 0 Å². The third-order valence-electron chi connectivity index (χ3n) is 3.91. The Hall–Kier alpha value is -1.05. The Bertz CT molecular complexity index is 466. The number of nitrogens with zero attached hydrogens (tertiary/aromatic N) is 1. The van der Waals surface area contributed by atoms with Gasteiger partial charge in [0.25, 0.3) is 0 Å². The molecule has 0 N–H and O–H groups in total. The van der Waals surface area contributed by atoms with Gasteiger partial charge in [0.2, 0.25) is 6.08 Å². The summed E-state index contributed by atoms with van der Waals surface area (Å²) >= 11 is 1.97. The van der Waals surface area contributed by atoms with Gasteiger partial charge in [-0.05, 0) is 43.4 Å². The van der Waals surface area contributed by atoms with Gasteiger partial charge in [-0.15, -0.1) is 11.8 Å². The minimum atomic E-state index is -0.273. The highest BCUT2D eigenvalue weighted by molar-refractivity contribution is 8.00. The normalized spacial score (nSPS) is 21.6. The fraction of sp³-hybridized carbons (Fsp3) is 0.533. The van der Waals surface area contributed by atoms with Crippen molar-refractivity contribution in [2.75, 3.05) is 0 Å². The Balaban J connectivity index is 1.83. The summed E-state index contributed by atoms with van der Waals surface area (Å²) in [5.41, 5.74) is 0.911. The summed E-state index contributed by atoms with van der Waals surface area (Å²) in [6, 6.07) is 8.66. The quantitative estimate of drug-likeness (QED) is 0.603. The van der Waals surface area contributed by atoms with Gasteiger partial charge in [-0.2, -0.15) is 4.99 Å². The van der Waals surface area contributed by atoms with Gasteiger partial charge < -0.3 is 0 Å². The molecule has 0 spiro atoms. The fourth-order valence-corrected chi connectivity index (χ4v) is 3.78. The van der Waals surface area contributed by atoms with Gasteiger partial charge in [0.15, 0.2) is 0 Å². The van der Waals surface area contributed by atoms with E-state index in [1.54, 1.807) is 6.08 Å². The number of aliphatic imine (C=N–C) groups is 1. The van der Waals surface area contributed by atoms with Crippen LogP contribution in [-0.4, -0.2) is 11.3 Å². The van der Waals surface area contributed by atoms with E-state index in [-0.39, 0.29) is 5.54 Å². The molecule has 3 rings (SSSR count). The summed E-state index contributed by atoms with van der Waals surface area (Å²) in [4.78, 5) is 16.1. The molecule has 0 unspecified atom stereocenters.